The number of carbonyl (C=O) groups is 1. The van der Waals surface area contributed by atoms with Gasteiger partial charge in [-0.05, 0) is 62.4 Å². The number of carbonyl (C=O) groups excluding carboxylic acids is 1. The summed E-state index contributed by atoms with van der Waals surface area (Å²) < 4.78 is 0. The summed E-state index contributed by atoms with van der Waals surface area (Å²) in [5.41, 5.74) is 3.77. The van der Waals surface area contributed by atoms with Crippen LogP contribution in [0.2, 0.25) is 5.02 Å². The Morgan fingerprint density at radius 1 is 1.29 bits per heavy atom. The Morgan fingerprint density at radius 3 is 2.64 bits per heavy atom. The van der Waals surface area contributed by atoms with E-state index in [0.29, 0.717) is 11.4 Å². The number of rotatable bonds is 4. The molecule has 0 fully saturated rings. The molecule has 5 heteroatoms. The molecule has 0 bridgehead atoms. The highest BCUT2D eigenvalue weighted by molar-refractivity contribution is 6.31. The van der Waals surface area contributed by atoms with Gasteiger partial charge in [0.1, 0.15) is 0 Å². The van der Waals surface area contributed by atoms with Gasteiger partial charge >= 0.3 is 0 Å². The highest BCUT2D eigenvalue weighted by Crippen LogP contribution is 2.38. The number of amides is 1. The Hall–Kier alpha value is -1.88. The fraction of sp³-hybridized carbons (Fsp3) is 0.435. The van der Waals surface area contributed by atoms with Crippen molar-refractivity contribution in [3.05, 3.63) is 69.2 Å². The molecule has 150 valence electrons. The largest absolute Gasteiger partial charge is 0.394 e. The Labute approximate surface area is 171 Å². The standard InChI is InChI=1S/C23H28ClNO3/c1-14-8-9-21(24)16(10-14)11-22(27)25-15(2)18-6-5-7-20(23(3,4)28)19(18)12-17(25)13-26/h5-10,15,17,26,28H,11-13H2,1-4H3/t15-,17+/m0/s1. The van der Waals surface area contributed by atoms with Crippen LogP contribution in [0, 0.1) is 6.92 Å². The average molecular weight is 402 g/mol. The van der Waals surface area contributed by atoms with Crippen molar-refractivity contribution >= 4 is 17.5 Å². The highest BCUT2D eigenvalue weighted by Gasteiger charge is 2.37. The van der Waals surface area contributed by atoms with Gasteiger partial charge in [-0.15, -0.1) is 0 Å². The van der Waals surface area contributed by atoms with E-state index >= 15 is 0 Å². The summed E-state index contributed by atoms with van der Waals surface area (Å²) in [6.45, 7) is 7.34. The van der Waals surface area contributed by atoms with Crippen molar-refractivity contribution in [2.24, 2.45) is 0 Å². The molecule has 0 saturated carbocycles. The predicted molar refractivity (Wildman–Crippen MR) is 111 cm³/mol. The summed E-state index contributed by atoms with van der Waals surface area (Å²) in [7, 11) is 0. The monoisotopic (exact) mass is 401 g/mol. The number of hydrogen-bond acceptors (Lipinski definition) is 3. The molecule has 0 aliphatic carbocycles. The van der Waals surface area contributed by atoms with E-state index in [1.54, 1.807) is 18.7 Å². The molecule has 1 amide bonds. The normalized spacial score (nSPS) is 19.5. The minimum absolute atomic E-state index is 0.0571. The zero-order valence-electron chi connectivity index (χ0n) is 16.9. The zero-order chi connectivity index (χ0) is 20.6. The molecule has 2 N–H and O–H groups in total. The topological polar surface area (TPSA) is 60.8 Å². The second-order valence-corrected chi connectivity index (χ2v) is 8.63. The van der Waals surface area contributed by atoms with E-state index < -0.39 is 5.60 Å². The third kappa shape index (κ3) is 3.95. The van der Waals surface area contributed by atoms with Crippen molar-refractivity contribution in [3.8, 4) is 0 Å². The number of benzene rings is 2. The van der Waals surface area contributed by atoms with Crippen LogP contribution < -0.4 is 0 Å². The molecule has 2 aromatic rings. The number of aliphatic hydroxyl groups is 2. The maximum Gasteiger partial charge on any atom is 0.227 e. The first kappa shape index (κ1) is 20.8. The Balaban J connectivity index is 1.96. The molecule has 0 spiro atoms. The van der Waals surface area contributed by atoms with E-state index in [-0.39, 0.29) is 31.0 Å². The number of hydrogen-bond donors (Lipinski definition) is 2. The van der Waals surface area contributed by atoms with Gasteiger partial charge in [0, 0.05) is 5.02 Å². The van der Waals surface area contributed by atoms with Crippen LogP contribution in [0.15, 0.2) is 36.4 Å². The fourth-order valence-electron chi connectivity index (χ4n) is 4.26. The summed E-state index contributed by atoms with van der Waals surface area (Å²) in [5.74, 6) is -0.0571. The lowest BCUT2D eigenvalue weighted by Gasteiger charge is -2.43. The first-order valence-corrected chi connectivity index (χ1v) is 10.0. The first-order valence-electron chi connectivity index (χ1n) is 9.65. The molecule has 3 rings (SSSR count). The van der Waals surface area contributed by atoms with Crippen molar-refractivity contribution < 1.29 is 15.0 Å². The molecule has 0 saturated heterocycles. The third-order valence-corrected chi connectivity index (χ3v) is 5.98. The Morgan fingerprint density at radius 2 is 2.00 bits per heavy atom. The molecule has 0 radical (unpaired) electrons. The average Bonchev–Trinajstić information content (AvgIpc) is 2.63. The highest BCUT2D eigenvalue weighted by atomic mass is 35.5. The zero-order valence-corrected chi connectivity index (χ0v) is 17.6. The second kappa shape index (κ2) is 7.86. The van der Waals surface area contributed by atoms with Crippen molar-refractivity contribution in [2.75, 3.05) is 6.61 Å². The van der Waals surface area contributed by atoms with E-state index in [2.05, 4.69) is 0 Å². The number of fused-ring (bicyclic) bond motifs is 1. The maximum atomic E-state index is 13.2. The van der Waals surface area contributed by atoms with Crippen LogP contribution in [0.3, 0.4) is 0 Å². The van der Waals surface area contributed by atoms with E-state index in [1.807, 2.05) is 50.2 Å². The van der Waals surface area contributed by atoms with Crippen molar-refractivity contribution in [1.82, 2.24) is 4.90 Å². The predicted octanol–water partition coefficient (Wildman–Crippen LogP) is 3.93. The number of aryl methyl sites for hydroxylation is 1. The molecule has 1 aliphatic rings. The van der Waals surface area contributed by atoms with Gasteiger partial charge < -0.3 is 15.1 Å². The fourth-order valence-corrected chi connectivity index (χ4v) is 4.45. The minimum atomic E-state index is -0.980. The van der Waals surface area contributed by atoms with Gasteiger partial charge in [0.15, 0.2) is 0 Å². The van der Waals surface area contributed by atoms with Crippen LogP contribution in [0.5, 0.6) is 0 Å². The van der Waals surface area contributed by atoms with Crippen LogP contribution >= 0.6 is 11.6 Å². The Kier molecular flexibility index (Phi) is 5.85. The lowest BCUT2D eigenvalue weighted by molar-refractivity contribution is -0.137. The number of nitrogens with zero attached hydrogens (tertiary/aromatic N) is 1. The van der Waals surface area contributed by atoms with Crippen LogP contribution in [0.4, 0.5) is 0 Å². The van der Waals surface area contributed by atoms with Crippen LogP contribution in [0.1, 0.15) is 54.6 Å². The van der Waals surface area contributed by atoms with Gasteiger partial charge in [-0.2, -0.15) is 0 Å². The van der Waals surface area contributed by atoms with E-state index in [4.69, 9.17) is 11.6 Å². The summed E-state index contributed by atoms with van der Waals surface area (Å²) in [4.78, 5) is 15.0. The van der Waals surface area contributed by atoms with Crippen LogP contribution in [-0.2, 0) is 23.2 Å². The smallest absolute Gasteiger partial charge is 0.227 e. The quantitative estimate of drug-likeness (QED) is 0.816. The lowest BCUT2D eigenvalue weighted by atomic mass is 9.81. The molecule has 2 aromatic carbocycles. The van der Waals surface area contributed by atoms with E-state index in [1.165, 1.54) is 0 Å². The van der Waals surface area contributed by atoms with Crippen LogP contribution in [0.25, 0.3) is 0 Å². The first-order chi connectivity index (χ1) is 13.1. The summed E-state index contributed by atoms with van der Waals surface area (Å²) in [6.07, 6.45) is 0.714. The van der Waals surface area contributed by atoms with E-state index in [0.717, 1.165) is 27.8 Å². The van der Waals surface area contributed by atoms with Crippen molar-refractivity contribution in [3.63, 3.8) is 0 Å². The molecule has 0 aromatic heterocycles. The lowest BCUT2D eigenvalue weighted by Crippen LogP contribution is -2.49. The second-order valence-electron chi connectivity index (χ2n) is 8.22. The maximum absolute atomic E-state index is 13.2. The molecule has 1 heterocycles. The summed E-state index contributed by atoms with van der Waals surface area (Å²) in [5, 5.41) is 21.2. The summed E-state index contributed by atoms with van der Waals surface area (Å²) in [6, 6.07) is 11.0. The van der Waals surface area contributed by atoms with Gasteiger partial charge in [-0.25, -0.2) is 0 Å². The molecule has 0 unspecified atom stereocenters. The van der Waals surface area contributed by atoms with Crippen molar-refractivity contribution in [1.29, 1.82) is 0 Å². The van der Waals surface area contributed by atoms with Gasteiger partial charge in [0.05, 0.1) is 30.7 Å². The molecule has 2 atom stereocenters. The van der Waals surface area contributed by atoms with Gasteiger partial charge in [0.25, 0.3) is 0 Å². The van der Waals surface area contributed by atoms with E-state index in [9.17, 15) is 15.0 Å². The van der Waals surface area contributed by atoms with Gasteiger partial charge in [0.2, 0.25) is 5.91 Å². The Bertz CT molecular complexity index is 888. The number of aliphatic hydroxyl groups excluding tert-OH is 1. The minimum Gasteiger partial charge on any atom is -0.394 e. The van der Waals surface area contributed by atoms with Crippen molar-refractivity contribution in [2.45, 2.75) is 58.2 Å². The number of halogens is 1. The van der Waals surface area contributed by atoms with Gasteiger partial charge in [-0.1, -0.05) is 47.5 Å². The third-order valence-electron chi connectivity index (χ3n) is 5.61. The van der Waals surface area contributed by atoms with Crippen LogP contribution in [-0.4, -0.2) is 33.7 Å². The molecular formula is C23H28ClNO3. The molecule has 28 heavy (non-hydrogen) atoms. The SMILES string of the molecule is Cc1ccc(Cl)c(CC(=O)N2[C@@H](CO)Cc3c(cccc3C(C)(C)O)[C@@H]2C)c1. The van der Waals surface area contributed by atoms with Gasteiger partial charge in [-0.3, -0.25) is 4.79 Å². The molecular weight excluding hydrogens is 374 g/mol. The summed E-state index contributed by atoms with van der Waals surface area (Å²) >= 11 is 6.29. The molecule has 4 nitrogen and oxygen atoms in total. The molecule has 1 aliphatic heterocycles.